The molecule has 0 spiro atoms. The number of nitrogens with two attached hydrogens (primary N) is 1. The maximum Gasteiger partial charge on any atom is 0.331 e. The van der Waals surface area contributed by atoms with Crippen molar-refractivity contribution in [3.8, 4) is 47.4 Å². The number of aliphatic hydroxyl groups is 4. The molecule has 0 saturated heterocycles. The van der Waals surface area contributed by atoms with Gasteiger partial charge in [-0.05, 0) is 99.9 Å². The van der Waals surface area contributed by atoms with Gasteiger partial charge in [-0.15, -0.1) is 0 Å². The van der Waals surface area contributed by atoms with E-state index in [9.17, 15) is 29.4 Å². The van der Waals surface area contributed by atoms with Crippen molar-refractivity contribution in [2.75, 3.05) is 20.3 Å². The number of esters is 1. The zero-order valence-electron chi connectivity index (χ0n) is 28.0. The number of nitrogens with one attached hydrogen (secondary N) is 3. The van der Waals surface area contributed by atoms with Crippen molar-refractivity contribution in [1.29, 1.82) is 0 Å². The van der Waals surface area contributed by atoms with Crippen LogP contribution in [0, 0.1) is 47.4 Å². The first kappa shape index (κ1) is 44.3. The Balaban J connectivity index is 0.000000915. The Bertz CT molecular complexity index is 1550. The van der Waals surface area contributed by atoms with Crippen LogP contribution in [0.5, 0.6) is 0 Å². The molecule has 0 aliphatic rings. The molecule has 266 valence electrons. The van der Waals surface area contributed by atoms with Gasteiger partial charge in [-0.1, -0.05) is 23.7 Å². The van der Waals surface area contributed by atoms with Crippen LogP contribution in [-0.4, -0.2) is 98.1 Å². The number of hydrogen-bond donors (Lipinski definition) is 10. The minimum atomic E-state index is -1.57. The van der Waals surface area contributed by atoms with E-state index >= 15 is 0 Å². The average Bonchev–Trinajstić information content (AvgIpc) is 3.09. The number of benzene rings is 2. The second kappa shape index (κ2) is 22.8. The molecule has 0 aliphatic carbocycles. The van der Waals surface area contributed by atoms with E-state index in [1.54, 1.807) is 24.3 Å². The molecule has 0 aliphatic heterocycles. The van der Waals surface area contributed by atoms with E-state index in [0.29, 0.717) is 16.7 Å². The van der Waals surface area contributed by atoms with Crippen molar-refractivity contribution >= 4 is 23.7 Å². The fourth-order valence-corrected chi connectivity index (χ4v) is 3.48. The van der Waals surface area contributed by atoms with Gasteiger partial charge in [0.25, 0.3) is 17.7 Å². The van der Waals surface area contributed by atoms with Gasteiger partial charge in [0.05, 0.1) is 18.3 Å². The molecule has 0 aromatic heterocycles. The molecule has 15 heteroatoms. The highest BCUT2D eigenvalue weighted by molar-refractivity contribution is 5.98. The third-order valence-electron chi connectivity index (χ3n) is 5.94. The van der Waals surface area contributed by atoms with Gasteiger partial charge in [-0.3, -0.25) is 19.6 Å². The Kier molecular flexibility index (Phi) is 20.2. The molecular weight excluding hydrogens is 652 g/mol. The lowest BCUT2D eigenvalue weighted by Gasteiger charge is -2.28. The molecule has 11 N–H and O–H groups in total. The standard InChI is InChI=1S/C18H19NO5.C17H18N2O5.H3NO/c1-18(2,23)15(17(22)24-3)19-16(21)14-10-8-13(9-11-14)7-5-4-6-12-20;1-17(2,23)14(16(22)19-24)18-15(21)13-9-7-12(8-10-13)6-4-3-5-11-20;1-2/h8-11,15,20,23H,12H2,1-3H3,(H,19,21);7-10,14,20,23-24H,11H2,1-2H3,(H,18,21)(H,19,22);2H,1H2/t15-;14-;/m11./s1. The van der Waals surface area contributed by atoms with E-state index in [1.165, 1.54) is 64.6 Å². The Morgan fingerprint density at radius 3 is 1.36 bits per heavy atom. The quantitative estimate of drug-likeness (QED) is 0.0679. The number of aliphatic hydroxyl groups excluding tert-OH is 2. The summed E-state index contributed by atoms with van der Waals surface area (Å²) in [4.78, 5) is 47.7. The number of hydrogen-bond acceptors (Lipinski definition) is 12. The van der Waals surface area contributed by atoms with Crippen molar-refractivity contribution < 1.29 is 54.8 Å². The van der Waals surface area contributed by atoms with E-state index < -0.39 is 47.0 Å². The number of hydroxylamine groups is 1. The molecule has 0 bridgehead atoms. The van der Waals surface area contributed by atoms with Gasteiger partial charge in [0.1, 0.15) is 19.3 Å². The molecule has 15 nitrogen and oxygen atoms in total. The summed E-state index contributed by atoms with van der Waals surface area (Å²) in [5, 5.41) is 56.9. The van der Waals surface area contributed by atoms with Gasteiger partial charge >= 0.3 is 5.97 Å². The predicted molar refractivity (Wildman–Crippen MR) is 179 cm³/mol. The molecule has 0 saturated carbocycles. The minimum Gasteiger partial charge on any atom is -0.467 e. The van der Waals surface area contributed by atoms with Gasteiger partial charge < -0.3 is 41.0 Å². The summed E-state index contributed by atoms with van der Waals surface area (Å²) in [7, 11) is 1.18. The van der Waals surface area contributed by atoms with Crippen LogP contribution in [0.4, 0.5) is 0 Å². The highest BCUT2D eigenvalue weighted by Gasteiger charge is 2.36. The number of rotatable bonds is 8. The van der Waals surface area contributed by atoms with Crippen molar-refractivity contribution in [3.63, 3.8) is 0 Å². The summed E-state index contributed by atoms with van der Waals surface area (Å²) in [6.45, 7) is 4.95. The first-order valence-corrected chi connectivity index (χ1v) is 14.3. The van der Waals surface area contributed by atoms with Crippen LogP contribution in [0.15, 0.2) is 48.5 Å². The summed E-state index contributed by atoms with van der Waals surface area (Å²) >= 11 is 0. The zero-order chi connectivity index (χ0) is 38.3. The van der Waals surface area contributed by atoms with Crippen molar-refractivity contribution in [2.45, 2.75) is 51.0 Å². The monoisotopic (exact) mass is 692 g/mol. The largest absolute Gasteiger partial charge is 0.467 e. The molecular formula is C35H40N4O11. The fraction of sp³-hybridized carbons (Fsp3) is 0.314. The first-order chi connectivity index (χ1) is 23.6. The lowest BCUT2D eigenvalue weighted by atomic mass is 9.97. The minimum absolute atomic E-state index is 0.252. The Morgan fingerprint density at radius 1 is 0.700 bits per heavy atom. The lowest BCUT2D eigenvalue weighted by Crippen LogP contribution is -2.57. The Morgan fingerprint density at radius 2 is 1.06 bits per heavy atom. The second-order valence-electron chi connectivity index (χ2n) is 10.7. The smallest absolute Gasteiger partial charge is 0.331 e. The van der Waals surface area contributed by atoms with Crippen LogP contribution in [0.3, 0.4) is 0 Å². The molecule has 0 unspecified atom stereocenters. The van der Waals surface area contributed by atoms with E-state index in [4.69, 9.17) is 20.6 Å². The van der Waals surface area contributed by atoms with Crippen LogP contribution in [-0.2, 0) is 14.3 Å². The van der Waals surface area contributed by atoms with Crippen LogP contribution in [0.1, 0.15) is 59.5 Å². The molecule has 3 amide bonds. The van der Waals surface area contributed by atoms with E-state index in [2.05, 4.69) is 68.6 Å². The van der Waals surface area contributed by atoms with Gasteiger partial charge in [-0.25, -0.2) is 16.2 Å². The normalized spacial score (nSPS) is 10.9. The van der Waals surface area contributed by atoms with E-state index in [-0.39, 0.29) is 18.8 Å². The van der Waals surface area contributed by atoms with Crippen LogP contribution in [0.2, 0.25) is 0 Å². The third-order valence-corrected chi connectivity index (χ3v) is 5.94. The molecule has 0 radical (unpaired) electrons. The van der Waals surface area contributed by atoms with Crippen molar-refractivity contribution in [3.05, 3.63) is 70.8 Å². The average molecular weight is 693 g/mol. The SMILES string of the molecule is CC(C)(O)[C@H](NC(=O)c1ccc(C#CC#CCO)cc1)C(=O)NO.COC(=O)[C@@H](NC(=O)c1ccc(C#CC#CCO)cc1)C(C)(C)O.NO. The van der Waals surface area contributed by atoms with Crippen molar-refractivity contribution in [1.82, 2.24) is 16.1 Å². The maximum absolute atomic E-state index is 12.2. The summed E-state index contributed by atoms with van der Waals surface area (Å²) in [5.41, 5.74) is 0.184. The predicted octanol–water partition coefficient (Wildman–Crippen LogP) is -1.18. The van der Waals surface area contributed by atoms with Gasteiger partial charge in [0.15, 0.2) is 6.04 Å². The zero-order valence-corrected chi connectivity index (χ0v) is 28.0. The molecule has 2 atom stereocenters. The Hall–Kier alpha value is -5.72. The molecule has 2 aromatic rings. The molecule has 0 fully saturated rings. The maximum atomic E-state index is 12.2. The summed E-state index contributed by atoms with van der Waals surface area (Å²) in [5.74, 6) is 21.0. The molecule has 0 heterocycles. The van der Waals surface area contributed by atoms with Crippen LogP contribution < -0.4 is 22.0 Å². The van der Waals surface area contributed by atoms with E-state index in [0.717, 1.165) is 0 Å². The highest BCUT2D eigenvalue weighted by atomic mass is 16.5. The highest BCUT2D eigenvalue weighted by Crippen LogP contribution is 2.13. The van der Waals surface area contributed by atoms with Gasteiger partial charge in [0.2, 0.25) is 0 Å². The van der Waals surface area contributed by atoms with Gasteiger partial charge in [-0.2, -0.15) is 0 Å². The summed E-state index contributed by atoms with van der Waals surface area (Å²) in [6, 6.07) is 9.98. The van der Waals surface area contributed by atoms with Gasteiger partial charge in [0, 0.05) is 22.3 Å². The second-order valence-corrected chi connectivity index (χ2v) is 10.7. The molecule has 2 rings (SSSR count). The number of carbonyl (C=O) groups is 4. The lowest BCUT2D eigenvalue weighted by molar-refractivity contribution is -0.148. The number of methoxy groups -OCH3 is 1. The van der Waals surface area contributed by atoms with Crippen LogP contribution in [0.25, 0.3) is 0 Å². The molecule has 2 aromatic carbocycles. The fourth-order valence-electron chi connectivity index (χ4n) is 3.48. The van der Waals surface area contributed by atoms with E-state index in [1.807, 2.05) is 0 Å². The topological polar surface area (TPSA) is 261 Å². The number of amides is 3. The number of carbonyl (C=O) groups excluding carboxylic acids is 4. The summed E-state index contributed by atoms with van der Waals surface area (Å²) < 4.78 is 4.60. The summed E-state index contributed by atoms with van der Waals surface area (Å²) in [6.07, 6.45) is 0. The number of ether oxygens (including phenoxy) is 1. The third kappa shape index (κ3) is 16.4. The Labute approximate surface area is 289 Å². The van der Waals surface area contributed by atoms with Crippen molar-refractivity contribution in [2.24, 2.45) is 5.90 Å². The van der Waals surface area contributed by atoms with Crippen LogP contribution >= 0.6 is 0 Å². The first-order valence-electron chi connectivity index (χ1n) is 14.3. The molecule has 50 heavy (non-hydrogen) atoms.